The third-order valence-corrected chi connectivity index (χ3v) is 3.86. The second-order valence-electron chi connectivity index (χ2n) is 4.58. The molecule has 2 N–H and O–H groups in total. The fourth-order valence-corrected chi connectivity index (χ4v) is 2.52. The fourth-order valence-electron chi connectivity index (χ4n) is 1.70. The number of benzene rings is 1. The van der Waals surface area contributed by atoms with E-state index >= 15 is 0 Å². The first-order valence-electron chi connectivity index (χ1n) is 6.57. The average Bonchev–Trinajstić information content (AvgIpc) is 2.95. The number of rotatable bonds is 6. The van der Waals surface area contributed by atoms with Gasteiger partial charge in [-0.3, -0.25) is 9.59 Å². The van der Waals surface area contributed by atoms with Gasteiger partial charge in [-0.25, -0.2) is 4.98 Å². The molecule has 0 aliphatic heterocycles. The molecule has 1 amide bonds. The molecule has 2 aromatic rings. The zero-order chi connectivity index (χ0) is 16.1. The summed E-state index contributed by atoms with van der Waals surface area (Å²) in [6.07, 6.45) is -0.934. The van der Waals surface area contributed by atoms with E-state index in [0.29, 0.717) is 5.69 Å². The number of nitrogens with two attached hydrogens (primary N) is 1. The number of hydrogen-bond donors (Lipinski definition) is 1. The zero-order valence-corrected chi connectivity index (χ0v) is 13.1. The van der Waals surface area contributed by atoms with Crippen molar-refractivity contribution < 1.29 is 19.1 Å². The van der Waals surface area contributed by atoms with Crippen molar-refractivity contribution in [1.82, 2.24) is 4.98 Å². The van der Waals surface area contributed by atoms with Gasteiger partial charge in [-0.1, -0.05) is 0 Å². The Morgan fingerprint density at radius 1 is 1.32 bits per heavy atom. The van der Waals surface area contributed by atoms with E-state index in [1.54, 1.807) is 12.5 Å². The fraction of sp³-hybridized carbons (Fsp3) is 0.267. The summed E-state index contributed by atoms with van der Waals surface area (Å²) < 4.78 is 10.00. The number of carbonyl (C=O) groups is 2. The van der Waals surface area contributed by atoms with Gasteiger partial charge in [0.25, 0.3) is 5.91 Å². The number of aromatic nitrogens is 1. The highest BCUT2D eigenvalue weighted by Crippen LogP contribution is 2.25. The number of nitrogens with zero attached hydrogens (tertiary/aromatic N) is 1. The van der Waals surface area contributed by atoms with E-state index in [2.05, 4.69) is 4.98 Å². The Kier molecular flexibility index (Phi) is 5.11. The molecule has 1 atom stereocenters. The van der Waals surface area contributed by atoms with Crippen LogP contribution in [0.5, 0.6) is 5.75 Å². The summed E-state index contributed by atoms with van der Waals surface area (Å²) in [6.45, 7) is 1.43. The summed E-state index contributed by atoms with van der Waals surface area (Å²) in [7, 11) is 1.61. The van der Waals surface area contributed by atoms with Gasteiger partial charge < -0.3 is 15.2 Å². The monoisotopic (exact) mass is 320 g/mol. The van der Waals surface area contributed by atoms with Gasteiger partial charge in [0, 0.05) is 10.9 Å². The number of hydrogen-bond acceptors (Lipinski definition) is 6. The maximum atomic E-state index is 11.7. The van der Waals surface area contributed by atoms with Crippen LogP contribution in [0.3, 0.4) is 0 Å². The van der Waals surface area contributed by atoms with Gasteiger partial charge in [0.2, 0.25) is 0 Å². The molecule has 0 saturated carbocycles. The van der Waals surface area contributed by atoms with Gasteiger partial charge >= 0.3 is 5.97 Å². The SMILES string of the molecule is COc1ccc(-c2nc(CC(=O)O[C@H](C)C(N)=O)cs2)cc1. The first-order chi connectivity index (χ1) is 10.5. The number of carbonyl (C=O) groups excluding carboxylic acids is 2. The van der Waals surface area contributed by atoms with Crippen molar-refractivity contribution in [1.29, 1.82) is 0 Å². The third-order valence-electron chi connectivity index (χ3n) is 2.92. The van der Waals surface area contributed by atoms with Crippen LogP contribution < -0.4 is 10.5 Å². The van der Waals surface area contributed by atoms with E-state index in [-0.39, 0.29) is 6.42 Å². The van der Waals surface area contributed by atoms with Crippen LogP contribution in [0.1, 0.15) is 12.6 Å². The average molecular weight is 320 g/mol. The Labute approximate surface area is 131 Å². The molecule has 116 valence electrons. The molecule has 0 bridgehead atoms. The molecule has 6 nitrogen and oxygen atoms in total. The molecule has 1 heterocycles. The Morgan fingerprint density at radius 3 is 2.59 bits per heavy atom. The largest absolute Gasteiger partial charge is 0.497 e. The van der Waals surface area contributed by atoms with Crippen LogP contribution in [0.15, 0.2) is 29.6 Å². The molecule has 22 heavy (non-hydrogen) atoms. The molecule has 0 aliphatic carbocycles. The van der Waals surface area contributed by atoms with Gasteiger partial charge in [0.1, 0.15) is 10.8 Å². The van der Waals surface area contributed by atoms with Crippen LogP contribution in [0.2, 0.25) is 0 Å². The maximum absolute atomic E-state index is 11.7. The quantitative estimate of drug-likeness (QED) is 0.819. The summed E-state index contributed by atoms with van der Waals surface area (Å²) >= 11 is 1.43. The molecular formula is C15H16N2O4S. The van der Waals surface area contributed by atoms with E-state index in [1.165, 1.54) is 18.3 Å². The lowest BCUT2D eigenvalue weighted by molar-refractivity contribution is -0.153. The molecule has 7 heteroatoms. The van der Waals surface area contributed by atoms with Crippen molar-refractivity contribution in [3.05, 3.63) is 35.3 Å². The van der Waals surface area contributed by atoms with Crippen molar-refractivity contribution >= 4 is 23.2 Å². The molecule has 0 fully saturated rings. The Bertz CT molecular complexity index is 666. The number of primary amides is 1. The standard InChI is InChI=1S/C15H16N2O4S/c1-9(14(16)19)21-13(18)7-11-8-22-15(17-11)10-3-5-12(20-2)6-4-10/h3-6,8-9H,7H2,1-2H3,(H2,16,19)/t9-/m1/s1. The van der Waals surface area contributed by atoms with Crippen LogP contribution in [0.4, 0.5) is 0 Å². The van der Waals surface area contributed by atoms with Gasteiger partial charge in [0.15, 0.2) is 6.10 Å². The predicted octanol–water partition coefficient (Wildman–Crippen LogP) is 1.78. The highest BCUT2D eigenvalue weighted by molar-refractivity contribution is 7.13. The van der Waals surface area contributed by atoms with Crippen LogP contribution in [-0.2, 0) is 20.7 Å². The minimum Gasteiger partial charge on any atom is -0.497 e. The minimum atomic E-state index is -0.938. The van der Waals surface area contributed by atoms with E-state index in [0.717, 1.165) is 16.3 Å². The number of amides is 1. The first kappa shape index (κ1) is 16.0. The number of methoxy groups -OCH3 is 1. The lowest BCUT2D eigenvalue weighted by atomic mass is 10.2. The summed E-state index contributed by atoms with van der Waals surface area (Å²) in [5, 5.41) is 2.59. The van der Waals surface area contributed by atoms with Gasteiger partial charge in [-0.15, -0.1) is 11.3 Å². The summed E-state index contributed by atoms with van der Waals surface area (Å²) in [5.74, 6) is -0.437. The number of ether oxygens (including phenoxy) is 2. The second-order valence-corrected chi connectivity index (χ2v) is 5.44. The molecular weight excluding hydrogens is 304 g/mol. The Hall–Kier alpha value is -2.41. The molecule has 0 saturated heterocycles. The number of esters is 1. The van der Waals surface area contributed by atoms with Crippen molar-refractivity contribution in [2.45, 2.75) is 19.4 Å². The van der Waals surface area contributed by atoms with Crippen molar-refractivity contribution in [2.75, 3.05) is 7.11 Å². The Morgan fingerprint density at radius 2 is 2.00 bits per heavy atom. The van der Waals surface area contributed by atoms with Crippen LogP contribution in [0.25, 0.3) is 10.6 Å². The third kappa shape index (κ3) is 4.05. The van der Waals surface area contributed by atoms with E-state index in [1.807, 2.05) is 24.3 Å². The molecule has 0 aliphatic rings. The molecule has 0 unspecified atom stereocenters. The zero-order valence-electron chi connectivity index (χ0n) is 12.2. The maximum Gasteiger partial charge on any atom is 0.312 e. The van der Waals surface area contributed by atoms with Crippen molar-refractivity contribution in [3.63, 3.8) is 0 Å². The molecule has 1 aromatic carbocycles. The summed E-state index contributed by atoms with van der Waals surface area (Å²) in [6, 6.07) is 7.49. The highest BCUT2D eigenvalue weighted by Gasteiger charge is 2.16. The lowest BCUT2D eigenvalue weighted by Gasteiger charge is -2.08. The van der Waals surface area contributed by atoms with Crippen molar-refractivity contribution in [3.8, 4) is 16.3 Å². The summed E-state index contributed by atoms with van der Waals surface area (Å²) in [5.41, 5.74) is 6.58. The molecule has 0 radical (unpaired) electrons. The Balaban J connectivity index is 2.01. The molecule has 1 aromatic heterocycles. The van der Waals surface area contributed by atoms with Gasteiger partial charge in [0.05, 0.1) is 19.2 Å². The normalized spacial score (nSPS) is 11.7. The second kappa shape index (κ2) is 7.04. The van der Waals surface area contributed by atoms with E-state index in [9.17, 15) is 9.59 Å². The number of thiazole rings is 1. The van der Waals surface area contributed by atoms with Crippen LogP contribution in [0, 0.1) is 0 Å². The van der Waals surface area contributed by atoms with Gasteiger partial charge in [-0.2, -0.15) is 0 Å². The topological polar surface area (TPSA) is 91.5 Å². The van der Waals surface area contributed by atoms with E-state index in [4.69, 9.17) is 15.2 Å². The molecule has 2 rings (SSSR count). The molecule has 0 spiro atoms. The van der Waals surface area contributed by atoms with Crippen LogP contribution >= 0.6 is 11.3 Å². The summed E-state index contributed by atoms with van der Waals surface area (Å²) in [4.78, 5) is 26.9. The minimum absolute atomic E-state index is 0.00424. The smallest absolute Gasteiger partial charge is 0.312 e. The van der Waals surface area contributed by atoms with Gasteiger partial charge in [-0.05, 0) is 31.2 Å². The highest BCUT2D eigenvalue weighted by atomic mass is 32.1. The first-order valence-corrected chi connectivity index (χ1v) is 7.45. The predicted molar refractivity (Wildman–Crippen MR) is 82.6 cm³/mol. The van der Waals surface area contributed by atoms with E-state index < -0.39 is 18.0 Å². The van der Waals surface area contributed by atoms with Crippen LogP contribution in [-0.4, -0.2) is 30.1 Å². The van der Waals surface area contributed by atoms with Crippen molar-refractivity contribution in [2.24, 2.45) is 5.73 Å². The lowest BCUT2D eigenvalue weighted by Crippen LogP contribution is -2.30.